The summed E-state index contributed by atoms with van der Waals surface area (Å²) < 4.78 is 0.881. The molecule has 0 atom stereocenters. The summed E-state index contributed by atoms with van der Waals surface area (Å²) in [6.07, 6.45) is 7.97. The van der Waals surface area contributed by atoms with E-state index in [1.807, 2.05) is 6.07 Å². The molecule has 1 aliphatic rings. The molecule has 0 saturated heterocycles. The van der Waals surface area contributed by atoms with Crippen molar-refractivity contribution >= 4 is 33.4 Å². The Balaban J connectivity index is 2.05. The van der Waals surface area contributed by atoms with Crippen LogP contribution in [0.1, 0.15) is 32.1 Å². The van der Waals surface area contributed by atoms with Crippen molar-refractivity contribution in [3.63, 3.8) is 0 Å². The first-order valence-corrected chi connectivity index (χ1v) is 8.17. The Morgan fingerprint density at radius 2 is 1.81 bits per heavy atom. The average molecular weight is 347 g/mol. The van der Waals surface area contributed by atoms with E-state index >= 15 is 0 Å². The van der Waals surface area contributed by atoms with Gasteiger partial charge in [-0.1, -0.05) is 37.5 Å². The smallest absolute Gasteiger partial charge is 0.222 e. The Hall–Kier alpha value is -1.62. The van der Waals surface area contributed by atoms with Crippen LogP contribution in [0.5, 0.6) is 0 Å². The van der Waals surface area contributed by atoms with Gasteiger partial charge in [0.15, 0.2) is 5.82 Å². The van der Waals surface area contributed by atoms with E-state index in [1.54, 1.807) is 6.20 Å². The first kappa shape index (κ1) is 14.3. The van der Waals surface area contributed by atoms with E-state index in [9.17, 15) is 0 Å². The number of aromatic nitrogens is 2. The zero-order chi connectivity index (χ0) is 14.7. The largest absolute Gasteiger partial charge is 0.368 e. The van der Waals surface area contributed by atoms with Gasteiger partial charge in [-0.2, -0.15) is 4.98 Å². The molecule has 0 spiro atoms. The highest BCUT2D eigenvalue weighted by atomic mass is 79.9. The summed E-state index contributed by atoms with van der Waals surface area (Å²) in [5, 5.41) is 0. The van der Waals surface area contributed by atoms with Crippen LogP contribution in [0, 0.1) is 0 Å². The molecule has 1 heterocycles. The third-order valence-electron chi connectivity index (χ3n) is 3.95. The van der Waals surface area contributed by atoms with Gasteiger partial charge < -0.3 is 10.6 Å². The minimum Gasteiger partial charge on any atom is -0.368 e. The zero-order valence-corrected chi connectivity index (χ0v) is 13.5. The van der Waals surface area contributed by atoms with E-state index in [0.29, 0.717) is 12.0 Å². The van der Waals surface area contributed by atoms with Crippen LogP contribution in [0.15, 0.2) is 41.0 Å². The second kappa shape index (κ2) is 6.43. The number of anilines is 3. The molecule has 21 heavy (non-hydrogen) atoms. The predicted molar refractivity (Wildman–Crippen MR) is 89.6 cm³/mol. The number of nitrogen functional groups attached to an aromatic ring is 1. The van der Waals surface area contributed by atoms with Crippen molar-refractivity contribution in [2.45, 2.75) is 38.1 Å². The Bertz CT molecular complexity index is 596. The van der Waals surface area contributed by atoms with Gasteiger partial charge in [-0.3, -0.25) is 0 Å². The van der Waals surface area contributed by atoms with Gasteiger partial charge >= 0.3 is 0 Å². The SMILES string of the molecule is Nc1ncc(Br)c(N(c2ccccc2)C2CCCCC2)n1. The maximum atomic E-state index is 5.80. The molecule has 0 amide bonds. The van der Waals surface area contributed by atoms with Crippen LogP contribution in [-0.2, 0) is 0 Å². The monoisotopic (exact) mass is 346 g/mol. The fraction of sp³-hybridized carbons (Fsp3) is 0.375. The van der Waals surface area contributed by atoms with E-state index < -0.39 is 0 Å². The van der Waals surface area contributed by atoms with Crippen LogP contribution in [0.25, 0.3) is 0 Å². The summed E-state index contributed by atoms with van der Waals surface area (Å²) in [6, 6.07) is 10.9. The highest BCUT2D eigenvalue weighted by Crippen LogP contribution is 2.36. The minimum atomic E-state index is 0.310. The van der Waals surface area contributed by atoms with Crippen LogP contribution >= 0.6 is 15.9 Å². The first-order valence-electron chi connectivity index (χ1n) is 7.38. The number of hydrogen-bond acceptors (Lipinski definition) is 4. The summed E-state index contributed by atoms with van der Waals surface area (Å²) in [4.78, 5) is 10.8. The molecule has 0 radical (unpaired) electrons. The van der Waals surface area contributed by atoms with Crippen LogP contribution in [0.3, 0.4) is 0 Å². The average Bonchev–Trinajstić information content (AvgIpc) is 2.53. The number of halogens is 1. The summed E-state index contributed by atoms with van der Waals surface area (Å²) >= 11 is 3.57. The Morgan fingerprint density at radius 3 is 2.52 bits per heavy atom. The van der Waals surface area contributed by atoms with Crippen LogP contribution in [0.2, 0.25) is 0 Å². The summed E-state index contributed by atoms with van der Waals surface area (Å²) in [6.45, 7) is 0. The van der Waals surface area contributed by atoms with E-state index in [4.69, 9.17) is 5.73 Å². The molecule has 110 valence electrons. The van der Waals surface area contributed by atoms with Gasteiger partial charge in [-0.05, 0) is 40.9 Å². The molecule has 1 aromatic heterocycles. The molecule has 1 aromatic carbocycles. The van der Waals surface area contributed by atoms with Crippen LogP contribution in [0.4, 0.5) is 17.5 Å². The van der Waals surface area contributed by atoms with Crippen molar-refractivity contribution in [3.8, 4) is 0 Å². The lowest BCUT2D eigenvalue weighted by Crippen LogP contribution is -2.34. The lowest BCUT2D eigenvalue weighted by Gasteiger charge is -2.35. The lowest BCUT2D eigenvalue weighted by atomic mass is 9.93. The standard InChI is InChI=1S/C16H19BrN4/c17-14-11-19-16(18)20-15(14)21(12-7-3-1-4-8-12)13-9-5-2-6-10-13/h1,3-4,7-8,11,13H,2,5-6,9-10H2,(H2,18,19,20). The maximum absolute atomic E-state index is 5.80. The van der Waals surface area contributed by atoms with Crippen molar-refractivity contribution in [2.24, 2.45) is 0 Å². The minimum absolute atomic E-state index is 0.310. The second-order valence-corrected chi connectivity index (χ2v) is 6.25. The van der Waals surface area contributed by atoms with Gasteiger partial charge in [0.2, 0.25) is 5.95 Å². The number of para-hydroxylation sites is 1. The molecule has 1 saturated carbocycles. The summed E-state index contributed by atoms with van der Waals surface area (Å²) in [5.41, 5.74) is 6.96. The molecule has 0 aliphatic heterocycles. The third kappa shape index (κ3) is 3.18. The van der Waals surface area contributed by atoms with Gasteiger partial charge in [0, 0.05) is 17.9 Å². The molecule has 1 fully saturated rings. The molecule has 5 heteroatoms. The molecule has 0 unspecified atom stereocenters. The number of benzene rings is 1. The fourth-order valence-corrected chi connectivity index (χ4v) is 3.36. The summed E-state index contributed by atoms with van der Waals surface area (Å²) in [5.74, 6) is 1.17. The van der Waals surface area contributed by atoms with Crippen molar-refractivity contribution < 1.29 is 0 Å². The van der Waals surface area contributed by atoms with Crippen molar-refractivity contribution in [3.05, 3.63) is 41.0 Å². The molecule has 2 N–H and O–H groups in total. The van der Waals surface area contributed by atoms with Gasteiger partial charge in [-0.25, -0.2) is 4.98 Å². The van der Waals surface area contributed by atoms with E-state index in [1.165, 1.54) is 32.1 Å². The lowest BCUT2D eigenvalue weighted by molar-refractivity contribution is 0.434. The normalized spacial score (nSPS) is 15.9. The van der Waals surface area contributed by atoms with Crippen molar-refractivity contribution in [1.82, 2.24) is 9.97 Å². The van der Waals surface area contributed by atoms with E-state index in [2.05, 4.69) is 55.1 Å². The number of nitrogens with two attached hydrogens (primary N) is 1. The van der Waals surface area contributed by atoms with E-state index in [-0.39, 0.29) is 0 Å². The van der Waals surface area contributed by atoms with E-state index in [0.717, 1.165) is 16.0 Å². The highest BCUT2D eigenvalue weighted by molar-refractivity contribution is 9.10. The maximum Gasteiger partial charge on any atom is 0.222 e. The first-order chi connectivity index (χ1) is 10.3. The van der Waals surface area contributed by atoms with Crippen LogP contribution in [-0.4, -0.2) is 16.0 Å². The third-order valence-corrected chi connectivity index (χ3v) is 4.51. The van der Waals surface area contributed by atoms with Crippen molar-refractivity contribution in [2.75, 3.05) is 10.6 Å². The Labute approximate surface area is 133 Å². The fourth-order valence-electron chi connectivity index (χ4n) is 2.97. The second-order valence-electron chi connectivity index (χ2n) is 5.40. The van der Waals surface area contributed by atoms with Gasteiger partial charge in [-0.15, -0.1) is 0 Å². The van der Waals surface area contributed by atoms with Crippen LogP contribution < -0.4 is 10.6 Å². The highest BCUT2D eigenvalue weighted by Gasteiger charge is 2.25. The summed E-state index contributed by atoms with van der Waals surface area (Å²) in [7, 11) is 0. The molecular formula is C16H19BrN4. The predicted octanol–water partition coefficient (Wildman–Crippen LogP) is 4.29. The molecule has 4 nitrogen and oxygen atoms in total. The molecule has 3 rings (SSSR count). The topological polar surface area (TPSA) is 55.0 Å². The number of rotatable bonds is 3. The molecular weight excluding hydrogens is 328 g/mol. The zero-order valence-electron chi connectivity index (χ0n) is 11.9. The molecule has 0 bridgehead atoms. The van der Waals surface area contributed by atoms with Gasteiger partial charge in [0.25, 0.3) is 0 Å². The van der Waals surface area contributed by atoms with Crippen molar-refractivity contribution in [1.29, 1.82) is 0 Å². The van der Waals surface area contributed by atoms with Gasteiger partial charge in [0.05, 0.1) is 4.47 Å². The number of hydrogen-bond donors (Lipinski definition) is 1. The molecule has 2 aromatic rings. The number of nitrogens with zero attached hydrogens (tertiary/aromatic N) is 3. The molecule has 1 aliphatic carbocycles. The Kier molecular flexibility index (Phi) is 4.39. The van der Waals surface area contributed by atoms with Gasteiger partial charge in [0.1, 0.15) is 0 Å². The Morgan fingerprint density at radius 1 is 1.10 bits per heavy atom. The quantitative estimate of drug-likeness (QED) is 0.900.